The smallest absolute Gasteiger partial charge is 0.147 e. The average molecular weight is 261 g/mol. The largest absolute Gasteiger partial charge is 0.493 e. The van der Waals surface area contributed by atoms with Crippen molar-refractivity contribution in [1.82, 2.24) is 15.5 Å². The van der Waals surface area contributed by atoms with Crippen molar-refractivity contribution < 1.29 is 4.74 Å². The van der Waals surface area contributed by atoms with Crippen molar-refractivity contribution in [3.8, 4) is 16.3 Å². The number of ether oxygens (including phenoxy) is 1. The Kier molecular flexibility index (Phi) is 3.01. The molecule has 2 aromatic rings. The van der Waals surface area contributed by atoms with Gasteiger partial charge in [0.1, 0.15) is 15.8 Å². The molecule has 1 unspecified atom stereocenters. The molecule has 3 rings (SSSR count). The fourth-order valence-electron chi connectivity index (χ4n) is 1.97. The molecule has 94 valence electrons. The zero-order chi connectivity index (χ0) is 12.5. The van der Waals surface area contributed by atoms with Crippen LogP contribution in [0, 0.1) is 0 Å². The van der Waals surface area contributed by atoms with Crippen LogP contribution in [0.3, 0.4) is 0 Å². The Morgan fingerprint density at radius 1 is 1.39 bits per heavy atom. The molecule has 2 heterocycles. The van der Waals surface area contributed by atoms with Gasteiger partial charge < -0.3 is 10.1 Å². The van der Waals surface area contributed by atoms with Crippen molar-refractivity contribution in [1.29, 1.82) is 0 Å². The van der Waals surface area contributed by atoms with Crippen LogP contribution < -0.4 is 10.1 Å². The summed E-state index contributed by atoms with van der Waals surface area (Å²) in [5.74, 6) is 1.01. The molecule has 0 fully saturated rings. The van der Waals surface area contributed by atoms with Crippen LogP contribution in [0.5, 0.6) is 5.75 Å². The second-order valence-corrected chi connectivity index (χ2v) is 5.39. The van der Waals surface area contributed by atoms with Gasteiger partial charge in [-0.3, -0.25) is 0 Å². The highest BCUT2D eigenvalue weighted by atomic mass is 32.1. The molecule has 1 aromatic heterocycles. The Hall–Kier alpha value is -1.46. The molecule has 1 aromatic carbocycles. The van der Waals surface area contributed by atoms with E-state index < -0.39 is 0 Å². The number of nitrogens with zero attached hydrogens (tertiary/aromatic N) is 2. The fraction of sp³-hybridized carbons (Fsp3) is 0.385. The third kappa shape index (κ3) is 2.00. The summed E-state index contributed by atoms with van der Waals surface area (Å²) in [6.45, 7) is 2.87. The van der Waals surface area contributed by atoms with Gasteiger partial charge in [0.15, 0.2) is 0 Å². The van der Waals surface area contributed by atoms with Crippen LogP contribution in [0.2, 0.25) is 0 Å². The minimum Gasteiger partial charge on any atom is -0.493 e. The van der Waals surface area contributed by atoms with Crippen LogP contribution in [-0.4, -0.2) is 23.9 Å². The summed E-state index contributed by atoms with van der Waals surface area (Å²) in [7, 11) is 1.93. The van der Waals surface area contributed by atoms with E-state index in [9.17, 15) is 0 Å². The lowest BCUT2D eigenvalue weighted by molar-refractivity contribution is 0.357. The molecule has 4 nitrogen and oxygen atoms in total. The van der Waals surface area contributed by atoms with Crippen molar-refractivity contribution in [2.75, 3.05) is 13.7 Å². The van der Waals surface area contributed by atoms with E-state index in [1.165, 1.54) is 5.56 Å². The summed E-state index contributed by atoms with van der Waals surface area (Å²) in [5, 5.41) is 13.7. The Balaban J connectivity index is 1.92. The van der Waals surface area contributed by atoms with Crippen molar-refractivity contribution in [2.45, 2.75) is 19.4 Å². The molecule has 0 bridgehead atoms. The lowest BCUT2D eigenvalue weighted by Crippen LogP contribution is -2.11. The third-order valence-electron chi connectivity index (χ3n) is 3.18. The Bertz CT molecular complexity index is 567. The number of hydrogen-bond acceptors (Lipinski definition) is 5. The SMILES string of the molecule is CNC(C)c1nnc(-c2ccc3c(c2)CCO3)s1. The number of hydrogen-bond donors (Lipinski definition) is 1. The van der Waals surface area contributed by atoms with Gasteiger partial charge in [0.05, 0.1) is 12.6 Å². The van der Waals surface area contributed by atoms with E-state index in [0.717, 1.165) is 34.4 Å². The van der Waals surface area contributed by atoms with E-state index >= 15 is 0 Å². The maximum atomic E-state index is 5.51. The molecule has 0 spiro atoms. The molecule has 1 atom stereocenters. The van der Waals surface area contributed by atoms with Crippen LogP contribution in [-0.2, 0) is 6.42 Å². The van der Waals surface area contributed by atoms with Crippen molar-refractivity contribution in [3.05, 3.63) is 28.8 Å². The summed E-state index contributed by atoms with van der Waals surface area (Å²) in [6.07, 6.45) is 0.988. The molecule has 18 heavy (non-hydrogen) atoms. The highest BCUT2D eigenvalue weighted by molar-refractivity contribution is 7.14. The molecule has 0 saturated heterocycles. The van der Waals surface area contributed by atoms with Crippen molar-refractivity contribution >= 4 is 11.3 Å². The second-order valence-electron chi connectivity index (χ2n) is 4.38. The van der Waals surface area contributed by atoms with Gasteiger partial charge in [0.2, 0.25) is 0 Å². The molecule has 1 aliphatic rings. The van der Waals surface area contributed by atoms with Gasteiger partial charge in [-0.05, 0) is 37.7 Å². The molecule has 1 N–H and O–H groups in total. The van der Waals surface area contributed by atoms with Crippen LogP contribution in [0.15, 0.2) is 18.2 Å². The first-order valence-corrected chi connectivity index (χ1v) is 6.86. The maximum Gasteiger partial charge on any atom is 0.147 e. The minimum atomic E-state index is 0.244. The predicted molar refractivity (Wildman–Crippen MR) is 72.0 cm³/mol. The predicted octanol–water partition coefficient (Wildman–Crippen LogP) is 2.42. The van der Waals surface area contributed by atoms with Gasteiger partial charge in [-0.2, -0.15) is 0 Å². The summed E-state index contributed by atoms with van der Waals surface area (Å²) in [6, 6.07) is 6.49. The van der Waals surface area contributed by atoms with Gasteiger partial charge >= 0.3 is 0 Å². The normalized spacial score (nSPS) is 15.2. The standard InChI is InChI=1S/C13H15N3OS/c1-8(14-2)12-15-16-13(18-12)10-3-4-11-9(7-10)5-6-17-11/h3-4,7-8,14H,5-6H2,1-2H3. The summed E-state index contributed by atoms with van der Waals surface area (Å²) in [5.41, 5.74) is 2.40. The van der Waals surface area contributed by atoms with Crippen molar-refractivity contribution in [2.24, 2.45) is 0 Å². The Morgan fingerprint density at radius 3 is 3.11 bits per heavy atom. The van der Waals surface area contributed by atoms with Crippen LogP contribution >= 0.6 is 11.3 Å². The van der Waals surface area contributed by atoms with Crippen molar-refractivity contribution in [3.63, 3.8) is 0 Å². The lowest BCUT2D eigenvalue weighted by atomic mass is 10.1. The minimum absolute atomic E-state index is 0.244. The number of aromatic nitrogens is 2. The molecule has 5 heteroatoms. The number of benzene rings is 1. The topological polar surface area (TPSA) is 47.0 Å². The van der Waals surface area contributed by atoms with E-state index in [1.807, 2.05) is 13.1 Å². The monoisotopic (exact) mass is 261 g/mol. The summed E-state index contributed by atoms with van der Waals surface area (Å²) < 4.78 is 5.51. The van der Waals surface area contributed by atoms with E-state index in [2.05, 4.69) is 34.6 Å². The van der Waals surface area contributed by atoms with Gasteiger partial charge in [0, 0.05) is 12.0 Å². The zero-order valence-corrected chi connectivity index (χ0v) is 11.3. The van der Waals surface area contributed by atoms with E-state index in [1.54, 1.807) is 11.3 Å². The Labute approximate surface area is 110 Å². The third-order valence-corrected chi connectivity index (χ3v) is 4.34. The van der Waals surface area contributed by atoms with E-state index in [-0.39, 0.29) is 6.04 Å². The molecular weight excluding hydrogens is 246 g/mol. The first-order chi connectivity index (χ1) is 8.78. The Morgan fingerprint density at radius 2 is 2.28 bits per heavy atom. The number of rotatable bonds is 3. The lowest BCUT2D eigenvalue weighted by Gasteiger charge is -2.03. The first-order valence-electron chi connectivity index (χ1n) is 6.04. The maximum absolute atomic E-state index is 5.51. The first kappa shape index (κ1) is 11.6. The van der Waals surface area contributed by atoms with Gasteiger partial charge in [0.25, 0.3) is 0 Å². The van der Waals surface area contributed by atoms with Crippen LogP contribution in [0.1, 0.15) is 23.5 Å². The number of fused-ring (bicyclic) bond motifs is 1. The molecule has 0 radical (unpaired) electrons. The molecule has 0 amide bonds. The van der Waals surface area contributed by atoms with E-state index in [0.29, 0.717) is 0 Å². The quantitative estimate of drug-likeness (QED) is 0.921. The highest BCUT2D eigenvalue weighted by Crippen LogP contribution is 2.32. The van der Waals surface area contributed by atoms with Crippen LogP contribution in [0.4, 0.5) is 0 Å². The number of nitrogens with one attached hydrogen (secondary N) is 1. The molecule has 0 aliphatic carbocycles. The summed E-state index contributed by atoms with van der Waals surface area (Å²) >= 11 is 1.64. The van der Waals surface area contributed by atoms with Gasteiger partial charge in [-0.15, -0.1) is 10.2 Å². The molecular formula is C13H15N3OS. The molecule has 1 aliphatic heterocycles. The second kappa shape index (κ2) is 4.66. The highest BCUT2D eigenvalue weighted by Gasteiger charge is 2.15. The van der Waals surface area contributed by atoms with Gasteiger partial charge in [-0.1, -0.05) is 11.3 Å². The fourth-order valence-corrected chi connectivity index (χ4v) is 2.87. The molecule has 0 saturated carbocycles. The zero-order valence-electron chi connectivity index (χ0n) is 10.4. The van der Waals surface area contributed by atoms with Crippen LogP contribution in [0.25, 0.3) is 10.6 Å². The van der Waals surface area contributed by atoms with Gasteiger partial charge in [-0.25, -0.2) is 0 Å². The average Bonchev–Trinajstić information content (AvgIpc) is 3.05. The summed E-state index contributed by atoms with van der Waals surface area (Å²) in [4.78, 5) is 0. The van der Waals surface area contributed by atoms with E-state index in [4.69, 9.17) is 4.74 Å².